The van der Waals surface area contributed by atoms with Crippen molar-refractivity contribution in [2.24, 2.45) is 5.73 Å². The van der Waals surface area contributed by atoms with Crippen LogP contribution in [0.3, 0.4) is 0 Å². The van der Waals surface area contributed by atoms with Gasteiger partial charge in [-0.3, -0.25) is 0 Å². The third-order valence-corrected chi connectivity index (χ3v) is 4.99. The van der Waals surface area contributed by atoms with Crippen molar-refractivity contribution in [2.75, 3.05) is 6.54 Å². The van der Waals surface area contributed by atoms with E-state index in [1.54, 1.807) is 20.8 Å². The van der Waals surface area contributed by atoms with Gasteiger partial charge in [-0.05, 0) is 38.5 Å². The Morgan fingerprint density at radius 1 is 1.40 bits per heavy atom. The van der Waals surface area contributed by atoms with Gasteiger partial charge in [0, 0.05) is 18.6 Å². The second-order valence-corrected chi connectivity index (χ2v) is 7.30. The van der Waals surface area contributed by atoms with E-state index in [-0.39, 0.29) is 18.0 Å². The van der Waals surface area contributed by atoms with Gasteiger partial charge in [-0.2, -0.15) is 4.31 Å². The highest BCUT2D eigenvalue weighted by atomic mass is 32.2. The van der Waals surface area contributed by atoms with E-state index in [9.17, 15) is 12.8 Å². The first-order valence-electron chi connectivity index (χ1n) is 6.27. The molecule has 0 fully saturated rings. The number of halogens is 1. The Morgan fingerprint density at radius 2 is 2.00 bits per heavy atom. The van der Waals surface area contributed by atoms with Crippen LogP contribution in [-0.4, -0.2) is 24.8 Å². The second kappa shape index (κ2) is 6.03. The molecule has 0 amide bonds. The number of nitrogens with two attached hydrogens (primary N) is 1. The van der Waals surface area contributed by atoms with Gasteiger partial charge in [-0.15, -0.1) is 6.58 Å². The lowest BCUT2D eigenvalue weighted by atomic mass is 10.1. The minimum Gasteiger partial charge on any atom is -0.326 e. The lowest BCUT2D eigenvalue weighted by Gasteiger charge is -2.33. The number of nitrogens with zero attached hydrogens (tertiary/aromatic N) is 1. The van der Waals surface area contributed by atoms with E-state index in [1.165, 1.54) is 22.5 Å². The van der Waals surface area contributed by atoms with Crippen molar-refractivity contribution in [1.82, 2.24) is 4.31 Å². The molecule has 0 aliphatic heterocycles. The van der Waals surface area contributed by atoms with E-state index >= 15 is 0 Å². The molecule has 6 heteroatoms. The molecule has 1 aromatic carbocycles. The van der Waals surface area contributed by atoms with Crippen LogP contribution in [0.1, 0.15) is 26.3 Å². The fraction of sp³-hybridized carbons (Fsp3) is 0.429. The lowest BCUT2D eigenvalue weighted by Crippen LogP contribution is -2.45. The van der Waals surface area contributed by atoms with E-state index in [0.29, 0.717) is 5.56 Å². The SMILES string of the molecule is C=CCN(C(C)(C)C)S(=O)(=O)c1cc(CN)ccc1F. The Labute approximate surface area is 120 Å². The van der Waals surface area contributed by atoms with E-state index in [1.807, 2.05) is 0 Å². The lowest BCUT2D eigenvalue weighted by molar-refractivity contribution is 0.269. The summed E-state index contributed by atoms with van der Waals surface area (Å²) in [5, 5.41) is 0. The predicted octanol–water partition coefficient (Wildman–Crippen LogP) is 2.26. The topological polar surface area (TPSA) is 63.4 Å². The molecule has 112 valence electrons. The molecule has 1 rings (SSSR count). The van der Waals surface area contributed by atoms with E-state index in [0.717, 1.165) is 6.07 Å². The summed E-state index contributed by atoms with van der Waals surface area (Å²) in [6.07, 6.45) is 1.48. The number of sulfonamides is 1. The Bertz CT molecular complexity index is 592. The summed E-state index contributed by atoms with van der Waals surface area (Å²) in [7, 11) is -3.95. The van der Waals surface area contributed by atoms with E-state index < -0.39 is 21.4 Å². The van der Waals surface area contributed by atoms with Crippen molar-refractivity contribution in [3.8, 4) is 0 Å². The molecule has 1 aromatic rings. The molecular weight excluding hydrogens is 279 g/mol. The Hall–Kier alpha value is -1.24. The highest BCUT2D eigenvalue weighted by Crippen LogP contribution is 2.26. The fourth-order valence-electron chi connectivity index (χ4n) is 1.84. The van der Waals surface area contributed by atoms with Crippen LogP contribution < -0.4 is 5.73 Å². The Kier molecular flexibility index (Phi) is 5.07. The second-order valence-electron chi connectivity index (χ2n) is 5.46. The molecule has 0 saturated heterocycles. The minimum absolute atomic E-state index is 0.109. The Morgan fingerprint density at radius 3 is 2.45 bits per heavy atom. The van der Waals surface area contributed by atoms with E-state index in [4.69, 9.17) is 5.73 Å². The van der Waals surface area contributed by atoms with Gasteiger partial charge in [0.2, 0.25) is 10.0 Å². The molecule has 0 spiro atoms. The summed E-state index contributed by atoms with van der Waals surface area (Å²) in [6, 6.07) is 3.89. The largest absolute Gasteiger partial charge is 0.326 e. The van der Waals surface area contributed by atoms with Gasteiger partial charge < -0.3 is 5.73 Å². The van der Waals surface area contributed by atoms with Crippen molar-refractivity contribution in [3.63, 3.8) is 0 Å². The molecule has 0 heterocycles. The summed E-state index contributed by atoms with van der Waals surface area (Å²) in [5.41, 5.74) is 5.37. The summed E-state index contributed by atoms with van der Waals surface area (Å²) < 4.78 is 40.4. The van der Waals surface area contributed by atoms with Gasteiger partial charge in [0.25, 0.3) is 0 Å². The zero-order valence-electron chi connectivity index (χ0n) is 12.1. The average molecular weight is 300 g/mol. The van der Waals surface area contributed by atoms with E-state index in [2.05, 4.69) is 6.58 Å². The first-order valence-corrected chi connectivity index (χ1v) is 7.71. The van der Waals surface area contributed by atoms with Crippen molar-refractivity contribution in [3.05, 3.63) is 42.2 Å². The van der Waals surface area contributed by atoms with Gasteiger partial charge >= 0.3 is 0 Å². The van der Waals surface area contributed by atoms with Crippen molar-refractivity contribution >= 4 is 10.0 Å². The molecule has 0 unspecified atom stereocenters. The summed E-state index contributed by atoms with van der Waals surface area (Å²) >= 11 is 0. The smallest absolute Gasteiger partial charge is 0.246 e. The van der Waals surface area contributed by atoms with Crippen LogP contribution in [0.15, 0.2) is 35.7 Å². The maximum atomic E-state index is 13.9. The predicted molar refractivity (Wildman–Crippen MR) is 78.1 cm³/mol. The van der Waals surface area contributed by atoms with Crippen LogP contribution in [0.25, 0.3) is 0 Å². The maximum Gasteiger partial charge on any atom is 0.246 e. The first-order chi connectivity index (χ1) is 9.14. The van der Waals surface area contributed by atoms with Crippen LogP contribution in [0.5, 0.6) is 0 Å². The quantitative estimate of drug-likeness (QED) is 0.848. The molecule has 2 N–H and O–H groups in total. The summed E-state index contributed by atoms with van der Waals surface area (Å²) in [6.45, 7) is 9.07. The number of rotatable bonds is 5. The average Bonchev–Trinajstić information content (AvgIpc) is 2.34. The molecule has 0 saturated carbocycles. The maximum absolute atomic E-state index is 13.9. The molecule has 20 heavy (non-hydrogen) atoms. The molecular formula is C14H21FN2O2S. The standard InChI is InChI=1S/C14H21FN2O2S/c1-5-8-17(14(2,3)4)20(18,19)13-9-11(10-16)6-7-12(13)15/h5-7,9H,1,8,10,16H2,2-4H3. The van der Waals surface area contributed by atoms with Gasteiger partial charge in [0.15, 0.2) is 0 Å². The Balaban J connectivity index is 3.44. The zero-order chi connectivity index (χ0) is 15.6. The number of benzene rings is 1. The van der Waals surface area contributed by atoms with Crippen LogP contribution >= 0.6 is 0 Å². The molecule has 0 aliphatic carbocycles. The van der Waals surface area contributed by atoms with Crippen molar-refractivity contribution in [2.45, 2.75) is 37.8 Å². The third-order valence-electron chi connectivity index (χ3n) is 2.84. The zero-order valence-corrected chi connectivity index (χ0v) is 12.9. The molecule has 4 nitrogen and oxygen atoms in total. The van der Waals surface area contributed by atoms with Gasteiger partial charge in [0.05, 0.1) is 0 Å². The summed E-state index contributed by atoms with van der Waals surface area (Å²) in [5.74, 6) is -0.777. The van der Waals surface area contributed by atoms with Crippen LogP contribution in [-0.2, 0) is 16.6 Å². The fourth-order valence-corrected chi connectivity index (χ4v) is 3.72. The molecule has 0 atom stereocenters. The molecule has 0 aromatic heterocycles. The van der Waals surface area contributed by atoms with Gasteiger partial charge in [0.1, 0.15) is 10.7 Å². The summed E-state index contributed by atoms with van der Waals surface area (Å²) in [4.78, 5) is -0.350. The number of hydrogen-bond acceptors (Lipinski definition) is 3. The normalized spacial score (nSPS) is 12.7. The van der Waals surface area contributed by atoms with Crippen molar-refractivity contribution in [1.29, 1.82) is 0 Å². The highest BCUT2D eigenvalue weighted by Gasteiger charge is 2.34. The minimum atomic E-state index is -3.95. The number of hydrogen-bond donors (Lipinski definition) is 1. The molecule has 0 bridgehead atoms. The van der Waals surface area contributed by atoms with Crippen LogP contribution in [0.4, 0.5) is 4.39 Å². The monoisotopic (exact) mass is 300 g/mol. The molecule has 0 radical (unpaired) electrons. The first kappa shape index (κ1) is 16.8. The van der Waals surface area contributed by atoms with Crippen LogP contribution in [0.2, 0.25) is 0 Å². The third kappa shape index (κ3) is 3.45. The van der Waals surface area contributed by atoms with Crippen LogP contribution in [0, 0.1) is 5.82 Å². The van der Waals surface area contributed by atoms with Gasteiger partial charge in [-0.25, -0.2) is 12.8 Å². The van der Waals surface area contributed by atoms with Gasteiger partial charge in [-0.1, -0.05) is 12.1 Å². The van der Waals surface area contributed by atoms with Crippen molar-refractivity contribution < 1.29 is 12.8 Å². The molecule has 0 aliphatic rings. The highest BCUT2D eigenvalue weighted by molar-refractivity contribution is 7.89.